The summed E-state index contributed by atoms with van der Waals surface area (Å²) in [6.07, 6.45) is 4.01. The molecule has 0 aromatic carbocycles. The van der Waals surface area contributed by atoms with Crippen molar-refractivity contribution in [1.82, 2.24) is 0 Å². The van der Waals surface area contributed by atoms with Crippen molar-refractivity contribution in [1.29, 1.82) is 5.26 Å². The molecule has 0 aliphatic carbocycles. The summed E-state index contributed by atoms with van der Waals surface area (Å²) < 4.78 is 5.02. The van der Waals surface area contributed by atoms with Crippen molar-refractivity contribution in [2.75, 3.05) is 6.61 Å². The zero-order valence-electron chi connectivity index (χ0n) is 10.7. The van der Waals surface area contributed by atoms with Gasteiger partial charge in [-0.2, -0.15) is 5.26 Å². The molecule has 0 saturated carbocycles. The van der Waals surface area contributed by atoms with E-state index in [9.17, 15) is 10.1 Å². The van der Waals surface area contributed by atoms with Gasteiger partial charge in [0, 0.05) is 0 Å². The third kappa shape index (κ3) is 2.85. The second-order valence-electron chi connectivity index (χ2n) is 3.66. The van der Waals surface area contributed by atoms with E-state index in [0.29, 0.717) is 13.0 Å². The maximum absolute atomic E-state index is 11.9. The molecule has 1 atom stereocenters. The van der Waals surface area contributed by atoms with E-state index in [1.165, 1.54) is 0 Å². The van der Waals surface area contributed by atoms with E-state index < -0.39 is 11.4 Å². The lowest BCUT2D eigenvalue weighted by Crippen LogP contribution is -2.33. The van der Waals surface area contributed by atoms with Crippen LogP contribution in [0.25, 0.3) is 0 Å². The first-order valence-corrected chi connectivity index (χ1v) is 5.86. The van der Waals surface area contributed by atoms with E-state index in [1.54, 1.807) is 6.92 Å². The molecule has 3 nitrogen and oxygen atoms in total. The van der Waals surface area contributed by atoms with Crippen molar-refractivity contribution in [2.45, 2.75) is 47.0 Å². The minimum atomic E-state index is -1.08. The number of ether oxygens (including phenoxy) is 1. The van der Waals surface area contributed by atoms with Gasteiger partial charge >= 0.3 is 5.97 Å². The molecule has 90 valence electrons. The van der Waals surface area contributed by atoms with Crippen LogP contribution in [0.4, 0.5) is 0 Å². The largest absolute Gasteiger partial charge is 0.465 e. The Bertz CT molecular complexity index is 302. The van der Waals surface area contributed by atoms with Crippen molar-refractivity contribution in [3.63, 3.8) is 0 Å². The molecular formula is C13H21NO2. The Hall–Kier alpha value is -1.30. The summed E-state index contributed by atoms with van der Waals surface area (Å²) in [4.78, 5) is 11.9. The lowest BCUT2D eigenvalue weighted by Gasteiger charge is -2.25. The topological polar surface area (TPSA) is 50.1 Å². The van der Waals surface area contributed by atoms with Crippen LogP contribution in [0.2, 0.25) is 0 Å². The van der Waals surface area contributed by atoms with E-state index in [2.05, 4.69) is 6.07 Å². The molecule has 0 radical (unpaired) electrons. The van der Waals surface area contributed by atoms with Gasteiger partial charge in [-0.3, -0.25) is 0 Å². The lowest BCUT2D eigenvalue weighted by atomic mass is 9.77. The van der Waals surface area contributed by atoms with E-state index in [1.807, 2.05) is 26.8 Å². The monoisotopic (exact) mass is 223 g/mol. The second-order valence-corrected chi connectivity index (χ2v) is 3.66. The number of esters is 1. The summed E-state index contributed by atoms with van der Waals surface area (Å²) in [7, 11) is 0. The Labute approximate surface area is 98.1 Å². The Kier molecular flexibility index (Phi) is 6.48. The van der Waals surface area contributed by atoms with E-state index >= 15 is 0 Å². The minimum absolute atomic E-state index is 0.311. The van der Waals surface area contributed by atoms with Crippen molar-refractivity contribution < 1.29 is 9.53 Å². The smallest absolute Gasteiger partial charge is 0.330 e. The number of hydrogen-bond acceptors (Lipinski definition) is 3. The van der Waals surface area contributed by atoms with Gasteiger partial charge in [-0.05, 0) is 32.3 Å². The zero-order valence-corrected chi connectivity index (χ0v) is 10.7. The number of carbonyl (C=O) groups excluding carboxylic acids is 1. The maximum atomic E-state index is 11.9. The molecule has 0 aliphatic heterocycles. The fourth-order valence-corrected chi connectivity index (χ4v) is 1.83. The number of rotatable bonds is 6. The molecule has 0 aromatic rings. The Morgan fingerprint density at radius 1 is 1.44 bits per heavy atom. The molecule has 3 heteroatoms. The Balaban J connectivity index is 5.24. The molecule has 0 fully saturated rings. The van der Waals surface area contributed by atoms with Crippen LogP contribution >= 0.6 is 0 Å². The van der Waals surface area contributed by atoms with Gasteiger partial charge in [0.05, 0.1) is 12.7 Å². The predicted molar refractivity (Wildman–Crippen MR) is 63.6 cm³/mol. The van der Waals surface area contributed by atoms with Gasteiger partial charge in [-0.15, -0.1) is 0 Å². The first kappa shape index (κ1) is 14.7. The summed E-state index contributed by atoms with van der Waals surface area (Å²) in [6.45, 7) is 7.81. The first-order valence-electron chi connectivity index (χ1n) is 5.86. The molecular weight excluding hydrogens is 202 g/mol. The molecule has 0 aliphatic rings. The maximum Gasteiger partial charge on any atom is 0.330 e. The highest BCUT2D eigenvalue weighted by atomic mass is 16.5. The Morgan fingerprint density at radius 3 is 2.38 bits per heavy atom. The summed E-state index contributed by atoms with van der Waals surface area (Å²) >= 11 is 0. The van der Waals surface area contributed by atoms with E-state index in [-0.39, 0.29) is 0 Å². The first-order chi connectivity index (χ1) is 7.62. The standard InChI is InChI=1S/C13H21NO2/c1-5-9-11(6-2)13(7-3,10-14)12(15)16-8-4/h6H,5,7-9H2,1-4H3/b11-6-/t13-/m0/s1. The van der Waals surface area contributed by atoms with Crippen molar-refractivity contribution in [3.8, 4) is 6.07 Å². The molecule has 0 N–H and O–H groups in total. The molecule has 0 unspecified atom stereocenters. The van der Waals surface area contributed by atoms with Crippen LogP contribution < -0.4 is 0 Å². The van der Waals surface area contributed by atoms with Crippen LogP contribution in [0.5, 0.6) is 0 Å². The van der Waals surface area contributed by atoms with Gasteiger partial charge in [0.15, 0.2) is 5.41 Å². The van der Waals surface area contributed by atoms with Gasteiger partial charge in [0.2, 0.25) is 0 Å². The van der Waals surface area contributed by atoms with Crippen LogP contribution in [0.3, 0.4) is 0 Å². The highest BCUT2D eigenvalue weighted by molar-refractivity contribution is 5.84. The Morgan fingerprint density at radius 2 is 2.06 bits per heavy atom. The molecule has 0 heterocycles. The van der Waals surface area contributed by atoms with Crippen LogP contribution in [0.15, 0.2) is 11.6 Å². The number of carbonyl (C=O) groups is 1. The summed E-state index contributed by atoms with van der Waals surface area (Å²) in [5.41, 5.74) is -0.209. The molecule has 0 rings (SSSR count). The van der Waals surface area contributed by atoms with Crippen LogP contribution in [-0.4, -0.2) is 12.6 Å². The number of allylic oxidation sites excluding steroid dienone is 1. The van der Waals surface area contributed by atoms with Crippen LogP contribution in [-0.2, 0) is 9.53 Å². The van der Waals surface area contributed by atoms with Gasteiger partial charge < -0.3 is 4.74 Å². The van der Waals surface area contributed by atoms with Gasteiger partial charge in [-0.1, -0.05) is 26.3 Å². The summed E-state index contributed by atoms with van der Waals surface area (Å²) in [5, 5.41) is 9.31. The summed E-state index contributed by atoms with van der Waals surface area (Å²) in [5.74, 6) is -0.415. The van der Waals surface area contributed by atoms with Crippen molar-refractivity contribution >= 4 is 5.97 Å². The van der Waals surface area contributed by atoms with Crippen LogP contribution in [0.1, 0.15) is 47.0 Å². The number of nitrogens with zero attached hydrogens (tertiary/aromatic N) is 1. The van der Waals surface area contributed by atoms with Gasteiger partial charge in [-0.25, -0.2) is 4.79 Å². The van der Waals surface area contributed by atoms with Crippen molar-refractivity contribution in [3.05, 3.63) is 11.6 Å². The third-order valence-electron chi connectivity index (χ3n) is 2.76. The second kappa shape index (κ2) is 7.05. The quantitative estimate of drug-likeness (QED) is 0.513. The molecule has 0 saturated heterocycles. The average Bonchev–Trinajstić information content (AvgIpc) is 2.30. The highest BCUT2D eigenvalue weighted by Crippen LogP contribution is 2.35. The SMILES string of the molecule is C/C=C(/CCC)[C@@](C#N)(CC)C(=O)OCC. The van der Waals surface area contributed by atoms with Gasteiger partial charge in [0.1, 0.15) is 0 Å². The van der Waals surface area contributed by atoms with Crippen molar-refractivity contribution in [2.24, 2.45) is 5.41 Å². The van der Waals surface area contributed by atoms with Crippen LogP contribution in [0, 0.1) is 16.7 Å². The highest BCUT2D eigenvalue weighted by Gasteiger charge is 2.41. The molecule has 16 heavy (non-hydrogen) atoms. The predicted octanol–water partition coefficient (Wildman–Crippen LogP) is 3.22. The summed E-state index contributed by atoms with van der Waals surface area (Å²) in [6, 6.07) is 2.14. The fraction of sp³-hybridized carbons (Fsp3) is 0.692. The van der Waals surface area contributed by atoms with E-state index in [4.69, 9.17) is 4.74 Å². The minimum Gasteiger partial charge on any atom is -0.465 e. The number of nitriles is 1. The lowest BCUT2D eigenvalue weighted by molar-refractivity contribution is -0.150. The average molecular weight is 223 g/mol. The molecule has 0 spiro atoms. The van der Waals surface area contributed by atoms with E-state index in [0.717, 1.165) is 18.4 Å². The molecule has 0 aromatic heterocycles. The third-order valence-corrected chi connectivity index (χ3v) is 2.76. The molecule has 0 amide bonds. The normalized spacial score (nSPS) is 15.1. The zero-order chi connectivity index (χ0) is 12.6. The number of hydrogen-bond donors (Lipinski definition) is 0. The molecule has 0 bridgehead atoms. The fourth-order valence-electron chi connectivity index (χ4n) is 1.83. The van der Waals surface area contributed by atoms with Gasteiger partial charge in [0.25, 0.3) is 0 Å².